The molecule has 0 unspecified atom stereocenters. The number of nitrogens with zero attached hydrogens (tertiary/aromatic N) is 2. The number of phenols is 1. The lowest BCUT2D eigenvalue weighted by Gasteiger charge is -2.44. The second-order valence-corrected chi connectivity index (χ2v) is 24.8. The molecule has 10 aliphatic rings. The van der Waals surface area contributed by atoms with Crippen LogP contribution in [0.25, 0.3) is 0 Å². The van der Waals surface area contributed by atoms with Gasteiger partial charge < -0.3 is 46.7 Å². The molecule has 1 saturated heterocycles. The number of carbonyl (C=O) groups excluding carboxylic acids is 2. The lowest BCUT2D eigenvalue weighted by molar-refractivity contribution is -0.148. The van der Waals surface area contributed by atoms with E-state index in [9.17, 15) is 19.8 Å². The first-order valence-corrected chi connectivity index (χ1v) is 28.3. The Balaban J connectivity index is 1.04. The number of benzene rings is 1. The summed E-state index contributed by atoms with van der Waals surface area (Å²) in [5, 5.41) is 31.0. The predicted octanol–water partition coefficient (Wildman–Crippen LogP) is 8.36. The van der Waals surface area contributed by atoms with Gasteiger partial charge in [0.05, 0.1) is 18.5 Å². The molecule has 1 aromatic carbocycles. The van der Waals surface area contributed by atoms with Crippen LogP contribution in [0.5, 0.6) is 11.5 Å². The second-order valence-electron chi connectivity index (χ2n) is 22.1. The number of amides is 1. The molecule has 12 nitrogen and oxygen atoms in total. The number of aryl methyl sites for hydroxylation is 1. The van der Waals surface area contributed by atoms with E-state index in [4.69, 9.17) is 25.9 Å². The Labute approximate surface area is 411 Å². The van der Waals surface area contributed by atoms with Crippen molar-refractivity contribution >= 4 is 39.4 Å². The normalized spacial score (nSPS) is 37.4. The van der Waals surface area contributed by atoms with Gasteiger partial charge in [-0.15, -0.1) is 5.92 Å². The lowest BCUT2D eigenvalue weighted by atomic mass is 9.70. The van der Waals surface area contributed by atoms with E-state index in [1.54, 1.807) is 0 Å². The maximum absolute atomic E-state index is 14.8. The molecule has 11 rings (SSSR count). The van der Waals surface area contributed by atoms with E-state index in [-0.39, 0.29) is 52.7 Å². The number of allylic oxidation sites excluding steroid dienone is 3. The minimum absolute atomic E-state index is 0.00709. The first-order chi connectivity index (χ1) is 32.9. The summed E-state index contributed by atoms with van der Waals surface area (Å²) in [7, 11) is 3.95. The van der Waals surface area contributed by atoms with Crippen molar-refractivity contribution in [3.63, 3.8) is 0 Å². The van der Waals surface area contributed by atoms with Crippen LogP contribution in [0.1, 0.15) is 158 Å². The molecule has 3 spiro atoms. The van der Waals surface area contributed by atoms with Crippen molar-refractivity contribution in [3.8, 4) is 23.3 Å². The number of carbonyl (C=O) groups is 2. The zero-order valence-corrected chi connectivity index (χ0v) is 41.8. The monoisotopic (exact) mass is 967 g/mol. The molecular weight excluding hydrogens is 893 g/mol. The first-order valence-electron chi connectivity index (χ1n) is 26.0. The molecule has 68 heavy (non-hydrogen) atoms. The molecule has 10 bridgehead atoms. The number of nitrogens with one attached hydrogen (secondary N) is 2. The Morgan fingerprint density at radius 2 is 1.94 bits per heavy atom. The van der Waals surface area contributed by atoms with E-state index >= 15 is 0 Å². The topological polar surface area (TPSA) is 185 Å². The van der Waals surface area contributed by atoms with Crippen LogP contribution >= 0.6 is 21.6 Å². The van der Waals surface area contributed by atoms with Gasteiger partial charge in [0.15, 0.2) is 17.5 Å². The fraction of sp³-hybridized carbons (Fsp3) is 0.685. The molecule has 368 valence electrons. The van der Waals surface area contributed by atoms with Gasteiger partial charge in [0.2, 0.25) is 5.91 Å². The van der Waals surface area contributed by atoms with E-state index in [1.165, 1.54) is 13.3 Å². The second kappa shape index (κ2) is 19.7. The summed E-state index contributed by atoms with van der Waals surface area (Å²) in [5.74, 6) is 10.5. The zero-order valence-electron chi connectivity index (χ0n) is 40.1. The number of esters is 1. The standard InChI is InChI=1S/C54H74N6O6S2/c1-35(61)65-44-14-13-38-26-40(48(64)49-47(38)39-16-22-53(66-49)19-7-11-41(53)27-39)33-60-34-51(31-46(60)63,29-37-17-23-57-45(55)25-37)42-10-6-9-36-15-21-52(30-36)18-8-20-54(52,59-50(56)58-32-42)68-67-24-5-3-2-4-12-43(62)28-44/h16-17,22,25-26,36,39,41-44,57,62,64H,2-5,7-9,11-15,18-21,23-24,27-34,55H2,1H3,(H3,56,58,59)/t36-,39-,41-,42+,43-,44+,51-,52-,53+,54-/m0/s1. The van der Waals surface area contributed by atoms with Gasteiger partial charge in [-0.1, -0.05) is 58.9 Å². The highest BCUT2D eigenvalue weighted by Crippen LogP contribution is 2.65. The molecule has 0 aromatic heterocycles. The van der Waals surface area contributed by atoms with Crippen molar-refractivity contribution in [1.29, 1.82) is 0 Å². The number of dihydropyridines is 1. The molecule has 4 aliphatic carbocycles. The number of hydrogen-bond donors (Lipinski definition) is 6. The van der Waals surface area contributed by atoms with Crippen molar-refractivity contribution in [3.05, 3.63) is 58.5 Å². The summed E-state index contributed by atoms with van der Waals surface area (Å²) in [4.78, 5) is 34.2. The highest BCUT2D eigenvalue weighted by atomic mass is 33.1. The van der Waals surface area contributed by atoms with E-state index in [1.807, 2.05) is 32.6 Å². The Hall–Kier alpha value is -3.93. The lowest BCUT2D eigenvalue weighted by Crippen LogP contribution is -2.56. The number of aromatic hydroxyl groups is 1. The average molecular weight is 967 g/mol. The van der Waals surface area contributed by atoms with Crippen LogP contribution in [0.4, 0.5) is 0 Å². The average Bonchev–Trinajstić information content (AvgIpc) is 4.03. The van der Waals surface area contributed by atoms with Gasteiger partial charge in [0.1, 0.15) is 16.6 Å². The Kier molecular flexibility index (Phi) is 13.8. The highest BCUT2D eigenvalue weighted by Gasteiger charge is 2.59. The number of phenolic OH excluding ortho intramolecular Hbond substituents is 1. The van der Waals surface area contributed by atoms with Crippen molar-refractivity contribution in [2.45, 2.75) is 177 Å². The predicted molar refractivity (Wildman–Crippen MR) is 270 cm³/mol. The maximum Gasteiger partial charge on any atom is 0.302 e. The Morgan fingerprint density at radius 1 is 1.06 bits per heavy atom. The number of aliphatic hydroxyl groups is 1. The van der Waals surface area contributed by atoms with Gasteiger partial charge in [-0.05, 0) is 132 Å². The smallest absolute Gasteiger partial charge is 0.302 e. The van der Waals surface area contributed by atoms with Crippen LogP contribution in [0.15, 0.2) is 46.8 Å². The molecule has 8 N–H and O–H groups in total. The number of hydrogen-bond acceptors (Lipinski definition) is 13. The Morgan fingerprint density at radius 3 is 2.81 bits per heavy atom. The summed E-state index contributed by atoms with van der Waals surface area (Å²) in [6.07, 6.45) is 26.4. The zero-order chi connectivity index (χ0) is 47.1. The number of nitrogens with two attached hydrogens (primary N) is 2. The molecule has 6 heterocycles. The fourth-order valence-electron chi connectivity index (χ4n) is 14.2. The minimum atomic E-state index is -0.615. The van der Waals surface area contributed by atoms with Crippen LogP contribution in [0.3, 0.4) is 0 Å². The summed E-state index contributed by atoms with van der Waals surface area (Å²) >= 11 is 0. The first kappa shape index (κ1) is 47.7. The minimum Gasteiger partial charge on any atom is -0.504 e. The molecular formula is C54H74N6O6S2. The molecule has 4 fully saturated rings. The third-order valence-corrected chi connectivity index (χ3v) is 20.9. The van der Waals surface area contributed by atoms with Crippen LogP contribution in [-0.2, 0) is 27.3 Å². The Bertz CT molecular complexity index is 2310. The molecule has 10 atom stereocenters. The third-order valence-electron chi connectivity index (χ3n) is 17.6. The van der Waals surface area contributed by atoms with Gasteiger partial charge >= 0.3 is 5.97 Å². The summed E-state index contributed by atoms with van der Waals surface area (Å²) in [5.41, 5.74) is 16.2. The quantitative estimate of drug-likeness (QED) is 0.0738. The van der Waals surface area contributed by atoms with Crippen molar-refractivity contribution in [1.82, 2.24) is 15.5 Å². The van der Waals surface area contributed by atoms with Gasteiger partial charge in [-0.2, -0.15) is 0 Å². The van der Waals surface area contributed by atoms with Gasteiger partial charge in [-0.25, -0.2) is 0 Å². The van der Waals surface area contributed by atoms with Crippen LogP contribution in [-0.4, -0.2) is 81.0 Å². The third kappa shape index (κ3) is 9.50. The fourth-order valence-corrected chi connectivity index (χ4v) is 17.8. The molecule has 3 saturated carbocycles. The molecule has 1 aromatic rings. The van der Waals surface area contributed by atoms with Crippen molar-refractivity contribution in [2.24, 2.45) is 45.0 Å². The van der Waals surface area contributed by atoms with E-state index in [0.29, 0.717) is 86.7 Å². The summed E-state index contributed by atoms with van der Waals surface area (Å²) < 4.78 is 13.0. The van der Waals surface area contributed by atoms with E-state index in [0.717, 1.165) is 112 Å². The number of aliphatic imine (C=N–C) groups is 1. The van der Waals surface area contributed by atoms with E-state index < -0.39 is 23.2 Å². The SMILES string of the molecule is CC(=O)O[C@@H]1CCc2cc(c(O)c3c2[C@H]2C=C[C@@]4(CCC[C@H]4C2)O3)CN2C[C@](CC3=CCNC(N)=C3)(CC2=O)[C@@H]2C#CC[C@H]3CC[C@@]4(CCC[C@]4(NC(N)=NC2)SSCCCCCC[C@H](O)C1)C3. The highest BCUT2D eigenvalue weighted by molar-refractivity contribution is 8.77. The van der Waals surface area contributed by atoms with Gasteiger partial charge in [0.25, 0.3) is 0 Å². The molecule has 0 radical (unpaired) electrons. The van der Waals surface area contributed by atoms with Crippen molar-refractivity contribution in [2.75, 3.05) is 25.4 Å². The van der Waals surface area contributed by atoms with Crippen molar-refractivity contribution < 1.29 is 29.3 Å². The number of rotatable bonds is 3. The maximum atomic E-state index is 14.8. The number of guanidine groups is 1. The number of ether oxygens (including phenoxy) is 2. The van der Waals surface area contributed by atoms with Crippen LogP contribution < -0.4 is 26.8 Å². The summed E-state index contributed by atoms with van der Waals surface area (Å²) in [6, 6.07) is 2.08. The molecule has 6 aliphatic heterocycles. The van der Waals surface area contributed by atoms with Gasteiger partial charge in [-0.3, -0.25) is 14.6 Å². The largest absolute Gasteiger partial charge is 0.504 e. The number of aliphatic hydroxyl groups excluding tert-OH is 1. The summed E-state index contributed by atoms with van der Waals surface area (Å²) in [6.45, 7) is 3.03. The van der Waals surface area contributed by atoms with Gasteiger partial charge in [0, 0.05) is 91.3 Å². The molecule has 14 heteroatoms. The molecule has 1 amide bonds. The number of fused-ring (bicyclic) bond motifs is 9. The van der Waals surface area contributed by atoms with Crippen LogP contribution in [0, 0.1) is 40.4 Å². The van der Waals surface area contributed by atoms with Crippen LogP contribution in [0.2, 0.25) is 0 Å². The van der Waals surface area contributed by atoms with E-state index in [2.05, 4.69) is 46.8 Å².